The quantitative estimate of drug-likeness (QED) is 0.916. The predicted octanol–water partition coefficient (Wildman–Crippen LogP) is 3.81. The molecule has 3 rings (SSSR count). The van der Waals surface area contributed by atoms with E-state index in [0.717, 1.165) is 36.4 Å². The zero-order valence-electron chi connectivity index (χ0n) is 13.0. The van der Waals surface area contributed by atoms with Gasteiger partial charge in [0.1, 0.15) is 10.7 Å². The van der Waals surface area contributed by atoms with Gasteiger partial charge in [0, 0.05) is 34.6 Å². The van der Waals surface area contributed by atoms with Gasteiger partial charge in [0.25, 0.3) is 5.91 Å². The second kappa shape index (κ2) is 6.99. The maximum absolute atomic E-state index is 12.8. The zero-order chi connectivity index (χ0) is 16.4. The molecule has 0 radical (unpaired) electrons. The van der Waals surface area contributed by atoms with Gasteiger partial charge in [-0.05, 0) is 38.3 Å². The number of nitrogens with two attached hydrogens (primary N) is 1. The van der Waals surface area contributed by atoms with Crippen LogP contribution in [-0.2, 0) is 0 Å². The highest BCUT2D eigenvalue weighted by Crippen LogP contribution is 2.28. The molecule has 0 aliphatic carbocycles. The molecule has 6 heteroatoms. The monoisotopic (exact) mass is 349 g/mol. The molecule has 1 aliphatic rings. The predicted molar refractivity (Wildman–Crippen MR) is 94.9 cm³/mol. The van der Waals surface area contributed by atoms with E-state index in [2.05, 4.69) is 4.98 Å². The molecule has 0 bridgehead atoms. The first-order valence-electron chi connectivity index (χ1n) is 7.84. The standard InChI is InChI=1S/C17H20ClN3OS/c1-11(19)15-7-2-3-8-21(15)17(22)14-10-23-16(20-14)12-5-4-6-13(18)9-12/h4-6,9-11,15H,2-3,7-8,19H2,1H3. The van der Waals surface area contributed by atoms with Gasteiger partial charge in [-0.2, -0.15) is 0 Å². The largest absolute Gasteiger partial charge is 0.333 e. The van der Waals surface area contributed by atoms with Crippen molar-refractivity contribution in [2.24, 2.45) is 5.73 Å². The first-order chi connectivity index (χ1) is 11.1. The van der Waals surface area contributed by atoms with Gasteiger partial charge in [-0.25, -0.2) is 4.98 Å². The summed E-state index contributed by atoms with van der Waals surface area (Å²) in [6, 6.07) is 7.60. The molecule has 0 spiro atoms. The number of rotatable bonds is 3. The minimum atomic E-state index is -0.0229. The summed E-state index contributed by atoms with van der Waals surface area (Å²) in [6.45, 7) is 2.73. The van der Waals surface area contributed by atoms with Crippen molar-refractivity contribution in [2.45, 2.75) is 38.3 Å². The average molecular weight is 350 g/mol. The van der Waals surface area contributed by atoms with Crippen LogP contribution in [0.15, 0.2) is 29.6 Å². The first kappa shape index (κ1) is 16.4. The maximum atomic E-state index is 12.8. The zero-order valence-corrected chi connectivity index (χ0v) is 14.6. The van der Waals surface area contributed by atoms with E-state index < -0.39 is 0 Å². The summed E-state index contributed by atoms with van der Waals surface area (Å²) < 4.78 is 0. The summed E-state index contributed by atoms with van der Waals surface area (Å²) in [6.07, 6.45) is 3.12. The van der Waals surface area contributed by atoms with Crippen LogP contribution in [0.25, 0.3) is 10.6 Å². The number of hydrogen-bond donors (Lipinski definition) is 1. The number of carbonyl (C=O) groups excluding carboxylic acids is 1. The van der Waals surface area contributed by atoms with Gasteiger partial charge in [-0.3, -0.25) is 4.79 Å². The van der Waals surface area contributed by atoms with Gasteiger partial charge < -0.3 is 10.6 Å². The molecule has 0 saturated carbocycles. The fraction of sp³-hybridized carbons (Fsp3) is 0.412. The van der Waals surface area contributed by atoms with Crippen molar-refractivity contribution in [2.75, 3.05) is 6.54 Å². The molecule has 4 nitrogen and oxygen atoms in total. The highest BCUT2D eigenvalue weighted by molar-refractivity contribution is 7.13. The lowest BCUT2D eigenvalue weighted by molar-refractivity contribution is 0.0578. The Kier molecular flexibility index (Phi) is 4.99. The molecule has 1 amide bonds. The van der Waals surface area contributed by atoms with Crippen LogP contribution < -0.4 is 5.73 Å². The lowest BCUT2D eigenvalue weighted by Crippen LogP contribution is -2.51. The summed E-state index contributed by atoms with van der Waals surface area (Å²) in [5, 5.41) is 3.30. The van der Waals surface area contributed by atoms with Crippen LogP contribution in [0.5, 0.6) is 0 Å². The Bertz CT molecular complexity index is 701. The van der Waals surface area contributed by atoms with Crippen LogP contribution in [0.1, 0.15) is 36.7 Å². The number of thiazole rings is 1. The molecule has 1 aliphatic heterocycles. The van der Waals surface area contributed by atoms with Crippen LogP contribution in [-0.4, -0.2) is 34.4 Å². The highest BCUT2D eigenvalue weighted by Gasteiger charge is 2.30. The fourth-order valence-electron chi connectivity index (χ4n) is 3.03. The lowest BCUT2D eigenvalue weighted by atomic mass is 9.96. The highest BCUT2D eigenvalue weighted by atomic mass is 35.5. The van der Waals surface area contributed by atoms with E-state index in [1.165, 1.54) is 11.3 Å². The number of halogens is 1. The molecule has 2 atom stereocenters. The molecule has 2 unspecified atom stereocenters. The topological polar surface area (TPSA) is 59.2 Å². The van der Waals surface area contributed by atoms with Gasteiger partial charge >= 0.3 is 0 Å². The van der Waals surface area contributed by atoms with Crippen molar-refractivity contribution < 1.29 is 4.79 Å². The Balaban J connectivity index is 1.83. The van der Waals surface area contributed by atoms with Gasteiger partial charge in [-0.1, -0.05) is 23.7 Å². The third-order valence-corrected chi connectivity index (χ3v) is 5.34. The Morgan fingerprint density at radius 2 is 2.30 bits per heavy atom. The molecular formula is C17H20ClN3OS. The lowest BCUT2D eigenvalue weighted by Gasteiger charge is -2.37. The van der Waals surface area contributed by atoms with E-state index in [4.69, 9.17) is 17.3 Å². The van der Waals surface area contributed by atoms with Crippen LogP contribution >= 0.6 is 22.9 Å². The molecule has 23 heavy (non-hydrogen) atoms. The van der Waals surface area contributed by atoms with Crippen molar-refractivity contribution in [1.82, 2.24) is 9.88 Å². The fourth-order valence-corrected chi connectivity index (χ4v) is 4.01. The summed E-state index contributed by atoms with van der Waals surface area (Å²) in [5.74, 6) is -0.0171. The Hall–Kier alpha value is -1.43. The Labute approximate surface area is 145 Å². The molecule has 2 N–H and O–H groups in total. The molecule has 2 aromatic rings. The molecule has 1 aromatic heterocycles. The molecule has 1 saturated heterocycles. The van der Waals surface area contributed by atoms with Crippen molar-refractivity contribution >= 4 is 28.8 Å². The summed E-state index contributed by atoms with van der Waals surface area (Å²) in [5.41, 5.74) is 7.49. The van der Waals surface area contributed by atoms with Gasteiger partial charge in [-0.15, -0.1) is 11.3 Å². The molecular weight excluding hydrogens is 330 g/mol. The third kappa shape index (κ3) is 3.57. The number of likely N-dealkylation sites (tertiary alicyclic amines) is 1. The third-order valence-electron chi connectivity index (χ3n) is 4.21. The number of carbonyl (C=O) groups is 1. The summed E-state index contributed by atoms with van der Waals surface area (Å²) in [4.78, 5) is 19.2. The number of piperidine rings is 1. The average Bonchev–Trinajstić information content (AvgIpc) is 3.04. The van der Waals surface area contributed by atoms with Crippen LogP contribution in [0.4, 0.5) is 0 Å². The van der Waals surface area contributed by atoms with Gasteiger partial charge in [0.2, 0.25) is 0 Å². The maximum Gasteiger partial charge on any atom is 0.273 e. The van der Waals surface area contributed by atoms with Crippen molar-refractivity contribution in [3.63, 3.8) is 0 Å². The van der Waals surface area contributed by atoms with Crippen molar-refractivity contribution in [1.29, 1.82) is 0 Å². The number of amides is 1. The Morgan fingerprint density at radius 1 is 1.48 bits per heavy atom. The van der Waals surface area contributed by atoms with E-state index >= 15 is 0 Å². The van der Waals surface area contributed by atoms with E-state index in [0.29, 0.717) is 10.7 Å². The second-order valence-electron chi connectivity index (χ2n) is 5.97. The van der Waals surface area contributed by atoms with Crippen LogP contribution in [0.3, 0.4) is 0 Å². The smallest absolute Gasteiger partial charge is 0.273 e. The Morgan fingerprint density at radius 3 is 3.04 bits per heavy atom. The molecule has 122 valence electrons. The SMILES string of the molecule is CC(N)C1CCCCN1C(=O)c1csc(-c2cccc(Cl)c2)n1. The van der Waals surface area contributed by atoms with Crippen LogP contribution in [0, 0.1) is 0 Å². The number of benzene rings is 1. The number of nitrogens with zero attached hydrogens (tertiary/aromatic N) is 2. The summed E-state index contributed by atoms with van der Waals surface area (Å²) in [7, 11) is 0. The van der Waals surface area contributed by atoms with Crippen molar-refractivity contribution in [3.8, 4) is 10.6 Å². The van der Waals surface area contributed by atoms with E-state index in [9.17, 15) is 4.79 Å². The van der Waals surface area contributed by atoms with Crippen molar-refractivity contribution in [3.05, 3.63) is 40.4 Å². The molecule has 2 heterocycles. The summed E-state index contributed by atoms with van der Waals surface area (Å²) >= 11 is 7.49. The number of hydrogen-bond acceptors (Lipinski definition) is 4. The van der Waals surface area contributed by atoms with E-state index in [1.807, 2.05) is 41.5 Å². The minimum absolute atomic E-state index is 0.0171. The minimum Gasteiger partial charge on any atom is -0.333 e. The number of aromatic nitrogens is 1. The van der Waals surface area contributed by atoms with E-state index in [-0.39, 0.29) is 18.0 Å². The second-order valence-corrected chi connectivity index (χ2v) is 7.26. The first-order valence-corrected chi connectivity index (χ1v) is 9.10. The normalized spacial score (nSPS) is 19.6. The van der Waals surface area contributed by atoms with Gasteiger partial charge in [0.05, 0.1) is 0 Å². The molecule has 1 fully saturated rings. The molecule has 1 aromatic carbocycles. The van der Waals surface area contributed by atoms with E-state index in [1.54, 1.807) is 0 Å². The van der Waals surface area contributed by atoms with Crippen LogP contribution in [0.2, 0.25) is 5.02 Å². The van der Waals surface area contributed by atoms with Gasteiger partial charge in [0.15, 0.2) is 0 Å².